The molecule has 1 aromatic heterocycles. The van der Waals surface area contributed by atoms with Gasteiger partial charge in [-0.05, 0) is 18.1 Å². The van der Waals surface area contributed by atoms with E-state index in [0.29, 0.717) is 12.4 Å². The Balaban J connectivity index is 1.80. The van der Waals surface area contributed by atoms with Gasteiger partial charge in [0.05, 0.1) is 6.61 Å². The predicted octanol–water partition coefficient (Wildman–Crippen LogP) is 1.58. The number of hydrogen-bond acceptors (Lipinski definition) is 6. The number of para-hydroxylation sites is 1. The van der Waals surface area contributed by atoms with Crippen molar-refractivity contribution in [1.29, 1.82) is 0 Å². The van der Waals surface area contributed by atoms with Crippen LogP contribution in [0.15, 0.2) is 30.3 Å². The van der Waals surface area contributed by atoms with Gasteiger partial charge in [-0.1, -0.05) is 43.7 Å². The average molecular weight is 330 g/mol. The summed E-state index contributed by atoms with van der Waals surface area (Å²) < 4.78 is 5.48. The molecule has 2 heterocycles. The molecule has 1 aliphatic rings. The first-order valence-corrected chi connectivity index (χ1v) is 8.13. The maximum Gasteiger partial charge on any atom is 0.247 e. The van der Waals surface area contributed by atoms with E-state index < -0.39 is 0 Å². The average Bonchev–Trinajstić information content (AvgIpc) is 3.30. The molecule has 8 nitrogen and oxygen atoms in total. The molecule has 0 aliphatic carbocycles. The largest absolute Gasteiger partial charge is 0.373 e. The van der Waals surface area contributed by atoms with Crippen molar-refractivity contribution in [3.63, 3.8) is 0 Å². The van der Waals surface area contributed by atoms with Crippen molar-refractivity contribution < 1.29 is 9.53 Å². The van der Waals surface area contributed by atoms with Gasteiger partial charge in [-0.2, -0.15) is 5.21 Å². The molecule has 0 saturated carbocycles. The van der Waals surface area contributed by atoms with Crippen molar-refractivity contribution >= 4 is 11.6 Å². The first-order chi connectivity index (χ1) is 11.7. The SMILES string of the molecule is CCC(C)C(Nc1ccccc1)C(=O)N1COCC1c1nn[nH]n1. The normalized spacial score (nSPS) is 19.9. The maximum absolute atomic E-state index is 13.2. The Kier molecular flexibility index (Phi) is 5.05. The van der Waals surface area contributed by atoms with Crippen LogP contribution in [-0.4, -0.2) is 50.8 Å². The Hall–Kier alpha value is -2.48. The van der Waals surface area contributed by atoms with E-state index in [2.05, 4.69) is 39.8 Å². The quantitative estimate of drug-likeness (QED) is 0.835. The van der Waals surface area contributed by atoms with Crippen LogP contribution < -0.4 is 5.32 Å². The fourth-order valence-electron chi connectivity index (χ4n) is 2.76. The molecule has 0 radical (unpaired) electrons. The molecule has 24 heavy (non-hydrogen) atoms. The summed E-state index contributed by atoms with van der Waals surface area (Å²) in [7, 11) is 0. The number of benzene rings is 1. The van der Waals surface area contributed by atoms with Gasteiger partial charge >= 0.3 is 0 Å². The van der Waals surface area contributed by atoms with E-state index in [1.165, 1.54) is 0 Å². The van der Waals surface area contributed by atoms with Crippen molar-refractivity contribution in [2.24, 2.45) is 5.92 Å². The Labute approximate surface area is 140 Å². The summed E-state index contributed by atoms with van der Waals surface area (Å²) >= 11 is 0. The van der Waals surface area contributed by atoms with E-state index in [9.17, 15) is 4.79 Å². The molecule has 8 heteroatoms. The van der Waals surface area contributed by atoms with E-state index in [4.69, 9.17) is 4.74 Å². The van der Waals surface area contributed by atoms with Gasteiger partial charge in [-0.15, -0.1) is 10.2 Å². The van der Waals surface area contributed by atoms with Crippen molar-refractivity contribution in [1.82, 2.24) is 25.5 Å². The second-order valence-electron chi connectivity index (χ2n) is 5.97. The highest BCUT2D eigenvalue weighted by Gasteiger charge is 2.38. The number of tetrazole rings is 1. The lowest BCUT2D eigenvalue weighted by Crippen LogP contribution is -2.46. The van der Waals surface area contributed by atoms with Crippen LogP contribution in [0, 0.1) is 5.92 Å². The van der Waals surface area contributed by atoms with Crippen LogP contribution in [0.5, 0.6) is 0 Å². The third kappa shape index (κ3) is 3.38. The Bertz CT molecular complexity index is 648. The number of rotatable bonds is 6. The molecule has 1 fully saturated rings. The van der Waals surface area contributed by atoms with Gasteiger partial charge in [0.15, 0.2) is 5.82 Å². The standard InChI is InChI=1S/C16H22N6O2/c1-3-11(2)14(17-12-7-5-4-6-8-12)16(23)22-10-24-9-13(22)15-18-20-21-19-15/h4-8,11,13-14,17H,3,9-10H2,1-2H3,(H,18,19,20,21). The molecule has 3 rings (SSSR count). The number of aromatic amines is 1. The Morgan fingerprint density at radius 2 is 2.25 bits per heavy atom. The van der Waals surface area contributed by atoms with Gasteiger partial charge < -0.3 is 15.0 Å². The molecular weight excluding hydrogens is 308 g/mol. The number of amides is 1. The van der Waals surface area contributed by atoms with Crippen molar-refractivity contribution in [3.05, 3.63) is 36.2 Å². The molecule has 1 amide bonds. The summed E-state index contributed by atoms with van der Waals surface area (Å²) in [6, 6.07) is 9.11. The number of anilines is 1. The van der Waals surface area contributed by atoms with Gasteiger partial charge in [0.1, 0.15) is 18.8 Å². The first kappa shape index (κ1) is 16.4. The summed E-state index contributed by atoms with van der Waals surface area (Å²) in [5.41, 5.74) is 0.923. The van der Waals surface area contributed by atoms with Crippen LogP contribution in [0.4, 0.5) is 5.69 Å². The van der Waals surface area contributed by atoms with Crippen LogP contribution in [0.2, 0.25) is 0 Å². The number of nitrogens with zero attached hydrogens (tertiary/aromatic N) is 4. The van der Waals surface area contributed by atoms with E-state index >= 15 is 0 Å². The van der Waals surface area contributed by atoms with E-state index in [-0.39, 0.29) is 30.6 Å². The highest BCUT2D eigenvalue weighted by molar-refractivity contribution is 5.85. The number of nitrogens with one attached hydrogen (secondary N) is 2. The zero-order valence-corrected chi connectivity index (χ0v) is 13.8. The van der Waals surface area contributed by atoms with Gasteiger partial charge in [0.2, 0.25) is 5.91 Å². The Morgan fingerprint density at radius 3 is 2.92 bits per heavy atom. The monoisotopic (exact) mass is 330 g/mol. The molecule has 0 spiro atoms. The minimum Gasteiger partial charge on any atom is -0.373 e. The third-order valence-corrected chi connectivity index (χ3v) is 4.40. The summed E-state index contributed by atoms with van der Waals surface area (Å²) in [4.78, 5) is 14.8. The zero-order chi connectivity index (χ0) is 16.9. The summed E-state index contributed by atoms with van der Waals surface area (Å²) in [6.45, 7) is 4.76. The molecule has 2 aromatic rings. The number of carbonyl (C=O) groups is 1. The van der Waals surface area contributed by atoms with Crippen LogP contribution in [-0.2, 0) is 9.53 Å². The molecule has 3 unspecified atom stereocenters. The number of ether oxygens (including phenoxy) is 1. The summed E-state index contributed by atoms with van der Waals surface area (Å²) in [6.07, 6.45) is 0.887. The number of carbonyl (C=O) groups excluding carboxylic acids is 1. The number of hydrogen-bond donors (Lipinski definition) is 2. The highest BCUT2D eigenvalue weighted by Crippen LogP contribution is 2.26. The first-order valence-electron chi connectivity index (χ1n) is 8.13. The minimum absolute atomic E-state index is 0.0134. The molecule has 0 bridgehead atoms. The van der Waals surface area contributed by atoms with Crippen molar-refractivity contribution in [2.45, 2.75) is 32.4 Å². The van der Waals surface area contributed by atoms with Gasteiger partial charge in [0, 0.05) is 5.69 Å². The summed E-state index contributed by atoms with van der Waals surface area (Å²) in [5, 5.41) is 17.4. The van der Waals surface area contributed by atoms with Crippen molar-refractivity contribution in [3.8, 4) is 0 Å². The van der Waals surface area contributed by atoms with Gasteiger partial charge in [-0.25, -0.2) is 0 Å². The maximum atomic E-state index is 13.2. The predicted molar refractivity (Wildman–Crippen MR) is 87.9 cm³/mol. The van der Waals surface area contributed by atoms with E-state index in [1.54, 1.807) is 4.90 Å². The van der Waals surface area contributed by atoms with Crippen LogP contribution in [0.3, 0.4) is 0 Å². The van der Waals surface area contributed by atoms with Crippen molar-refractivity contribution in [2.75, 3.05) is 18.7 Å². The second kappa shape index (κ2) is 7.39. The third-order valence-electron chi connectivity index (χ3n) is 4.40. The Morgan fingerprint density at radius 1 is 1.46 bits per heavy atom. The lowest BCUT2D eigenvalue weighted by molar-refractivity contribution is -0.135. The van der Waals surface area contributed by atoms with Gasteiger partial charge in [-0.3, -0.25) is 4.79 Å². The number of aromatic nitrogens is 4. The molecule has 1 aromatic carbocycles. The van der Waals surface area contributed by atoms with Crippen LogP contribution in [0.25, 0.3) is 0 Å². The van der Waals surface area contributed by atoms with Crippen LogP contribution >= 0.6 is 0 Å². The molecule has 2 N–H and O–H groups in total. The number of H-pyrrole nitrogens is 1. The van der Waals surface area contributed by atoms with Crippen LogP contribution in [0.1, 0.15) is 32.1 Å². The lowest BCUT2D eigenvalue weighted by atomic mass is 9.97. The zero-order valence-electron chi connectivity index (χ0n) is 13.8. The van der Waals surface area contributed by atoms with E-state index in [1.807, 2.05) is 30.3 Å². The summed E-state index contributed by atoms with van der Waals surface area (Å²) in [5.74, 6) is 0.633. The van der Waals surface area contributed by atoms with Gasteiger partial charge in [0.25, 0.3) is 0 Å². The topological polar surface area (TPSA) is 96.0 Å². The second-order valence-corrected chi connectivity index (χ2v) is 5.97. The van der Waals surface area contributed by atoms with E-state index in [0.717, 1.165) is 12.1 Å². The minimum atomic E-state index is -0.339. The molecule has 1 aliphatic heterocycles. The molecule has 128 valence electrons. The molecule has 3 atom stereocenters. The molecule has 1 saturated heterocycles. The fourth-order valence-corrected chi connectivity index (χ4v) is 2.76. The lowest BCUT2D eigenvalue weighted by Gasteiger charge is -2.30. The highest BCUT2D eigenvalue weighted by atomic mass is 16.5. The molecular formula is C16H22N6O2. The smallest absolute Gasteiger partial charge is 0.247 e. The fraction of sp³-hybridized carbons (Fsp3) is 0.500.